The summed E-state index contributed by atoms with van der Waals surface area (Å²) in [5, 5.41) is 2.81. The number of hydrogen-bond acceptors (Lipinski definition) is 3. The van der Waals surface area contributed by atoms with E-state index in [2.05, 4.69) is 5.32 Å². The van der Waals surface area contributed by atoms with Gasteiger partial charge in [-0.15, -0.1) is 0 Å². The molecule has 4 heteroatoms. The molecule has 1 unspecified atom stereocenters. The zero-order valence-electron chi connectivity index (χ0n) is 9.69. The van der Waals surface area contributed by atoms with E-state index in [1.807, 2.05) is 31.2 Å². The van der Waals surface area contributed by atoms with Gasteiger partial charge in [0.15, 0.2) is 0 Å². The molecule has 0 saturated carbocycles. The van der Waals surface area contributed by atoms with E-state index >= 15 is 0 Å². The van der Waals surface area contributed by atoms with Crippen LogP contribution in [0.5, 0.6) is 5.75 Å². The van der Waals surface area contributed by atoms with E-state index in [-0.39, 0.29) is 11.8 Å². The van der Waals surface area contributed by atoms with E-state index in [1.165, 1.54) is 0 Å². The minimum Gasteiger partial charge on any atom is -0.495 e. The van der Waals surface area contributed by atoms with Crippen LogP contribution in [0.1, 0.15) is 13.3 Å². The van der Waals surface area contributed by atoms with Crippen LogP contribution in [0.3, 0.4) is 0 Å². The number of ether oxygens (including phenoxy) is 1. The van der Waals surface area contributed by atoms with Crippen molar-refractivity contribution in [1.82, 2.24) is 0 Å². The topological polar surface area (TPSA) is 64.3 Å². The molecule has 0 aliphatic carbocycles. The second-order valence-electron chi connectivity index (χ2n) is 3.79. The molecule has 0 aliphatic heterocycles. The van der Waals surface area contributed by atoms with Crippen LogP contribution in [0.25, 0.3) is 0 Å². The third kappa shape index (κ3) is 3.55. The Kier molecular flexibility index (Phi) is 4.79. The average Bonchev–Trinajstić information content (AvgIpc) is 2.29. The maximum atomic E-state index is 11.6. The predicted octanol–water partition coefficient (Wildman–Crippen LogP) is 1.62. The molecule has 0 spiro atoms. The Morgan fingerprint density at radius 1 is 1.50 bits per heavy atom. The Balaban J connectivity index is 2.62. The van der Waals surface area contributed by atoms with Crippen LogP contribution in [0, 0.1) is 5.92 Å². The molecule has 1 aromatic rings. The van der Waals surface area contributed by atoms with E-state index < -0.39 is 0 Å². The fourth-order valence-corrected chi connectivity index (χ4v) is 1.35. The molecule has 16 heavy (non-hydrogen) atoms. The zero-order chi connectivity index (χ0) is 12.0. The molecule has 1 aromatic carbocycles. The molecular formula is C12H18N2O2. The molecule has 1 rings (SSSR count). The van der Waals surface area contributed by atoms with Crippen molar-refractivity contribution in [1.29, 1.82) is 0 Å². The molecule has 1 atom stereocenters. The molecule has 0 heterocycles. The summed E-state index contributed by atoms with van der Waals surface area (Å²) in [6, 6.07) is 7.33. The Morgan fingerprint density at radius 2 is 2.19 bits per heavy atom. The average molecular weight is 222 g/mol. The van der Waals surface area contributed by atoms with Crippen molar-refractivity contribution in [3.05, 3.63) is 24.3 Å². The lowest BCUT2D eigenvalue weighted by Gasteiger charge is -2.11. The summed E-state index contributed by atoms with van der Waals surface area (Å²) in [7, 11) is 1.58. The molecule has 0 saturated heterocycles. The Morgan fingerprint density at radius 3 is 2.81 bits per heavy atom. The van der Waals surface area contributed by atoms with Gasteiger partial charge in [0, 0.05) is 6.42 Å². The highest BCUT2D eigenvalue weighted by atomic mass is 16.5. The van der Waals surface area contributed by atoms with Crippen molar-refractivity contribution in [3.8, 4) is 5.75 Å². The number of rotatable bonds is 5. The highest BCUT2D eigenvalue weighted by Crippen LogP contribution is 2.23. The molecule has 0 radical (unpaired) electrons. The van der Waals surface area contributed by atoms with Gasteiger partial charge in [-0.25, -0.2) is 0 Å². The van der Waals surface area contributed by atoms with Gasteiger partial charge in [-0.2, -0.15) is 0 Å². The van der Waals surface area contributed by atoms with Crippen LogP contribution in [0.2, 0.25) is 0 Å². The second kappa shape index (κ2) is 6.12. The van der Waals surface area contributed by atoms with Gasteiger partial charge in [-0.1, -0.05) is 19.1 Å². The van der Waals surface area contributed by atoms with Crippen molar-refractivity contribution >= 4 is 11.6 Å². The molecule has 0 aromatic heterocycles. The van der Waals surface area contributed by atoms with E-state index in [4.69, 9.17) is 10.5 Å². The lowest BCUT2D eigenvalue weighted by molar-refractivity contribution is -0.116. The quantitative estimate of drug-likeness (QED) is 0.795. The van der Waals surface area contributed by atoms with Crippen LogP contribution in [0.4, 0.5) is 5.69 Å². The van der Waals surface area contributed by atoms with E-state index in [0.717, 1.165) is 0 Å². The number of benzene rings is 1. The normalized spacial score (nSPS) is 11.9. The van der Waals surface area contributed by atoms with Crippen molar-refractivity contribution in [2.45, 2.75) is 13.3 Å². The Hall–Kier alpha value is -1.55. The summed E-state index contributed by atoms with van der Waals surface area (Å²) >= 11 is 0. The van der Waals surface area contributed by atoms with Crippen LogP contribution in [-0.2, 0) is 4.79 Å². The maximum Gasteiger partial charge on any atom is 0.224 e. The number of carbonyl (C=O) groups excluding carboxylic acids is 1. The number of nitrogens with one attached hydrogen (secondary N) is 1. The first kappa shape index (κ1) is 12.5. The lowest BCUT2D eigenvalue weighted by Crippen LogP contribution is -2.20. The second-order valence-corrected chi connectivity index (χ2v) is 3.79. The van der Waals surface area contributed by atoms with E-state index in [0.29, 0.717) is 24.4 Å². The summed E-state index contributed by atoms with van der Waals surface area (Å²) in [5.41, 5.74) is 6.16. The predicted molar refractivity (Wildman–Crippen MR) is 64.5 cm³/mol. The van der Waals surface area contributed by atoms with E-state index in [1.54, 1.807) is 7.11 Å². The van der Waals surface area contributed by atoms with Gasteiger partial charge in [-0.3, -0.25) is 4.79 Å². The summed E-state index contributed by atoms with van der Waals surface area (Å²) in [6.45, 7) is 2.46. The third-order valence-electron chi connectivity index (χ3n) is 2.32. The Bertz CT molecular complexity index is 353. The van der Waals surface area contributed by atoms with Gasteiger partial charge in [-0.05, 0) is 24.6 Å². The standard InChI is InChI=1S/C12H18N2O2/c1-9(8-13)7-12(15)14-10-5-3-4-6-11(10)16-2/h3-6,9H,7-8,13H2,1-2H3,(H,14,15). The molecule has 88 valence electrons. The summed E-state index contributed by atoms with van der Waals surface area (Å²) in [6.07, 6.45) is 0.425. The smallest absolute Gasteiger partial charge is 0.224 e. The fourth-order valence-electron chi connectivity index (χ4n) is 1.35. The molecule has 0 fully saturated rings. The molecule has 0 bridgehead atoms. The molecule has 4 nitrogen and oxygen atoms in total. The number of para-hydroxylation sites is 2. The van der Waals surface area contributed by atoms with Crippen molar-refractivity contribution < 1.29 is 9.53 Å². The van der Waals surface area contributed by atoms with Crippen molar-refractivity contribution in [2.24, 2.45) is 11.7 Å². The summed E-state index contributed by atoms with van der Waals surface area (Å²) in [4.78, 5) is 11.6. The van der Waals surface area contributed by atoms with Gasteiger partial charge in [0.2, 0.25) is 5.91 Å². The summed E-state index contributed by atoms with van der Waals surface area (Å²) < 4.78 is 5.14. The SMILES string of the molecule is COc1ccccc1NC(=O)CC(C)CN. The lowest BCUT2D eigenvalue weighted by atomic mass is 10.1. The van der Waals surface area contributed by atoms with Crippen molar-refractivity contribution in [3.63, 3.8) is 0 Å². The molecule has 1 amide bonds. The first-order valence-electron chi connectivity index (χ1n) is 5.30. The minimum absolute atomic E-state index is 0.0394. The number of carbonyl (C=O) groups is 1. The largest absolute Gasteiger partial charge is 0.495 e. The number of amides is 1. The third-order valence-corrected chi connectivity index (χ3v) is 2.32. The summed E-state index contributed by atoms with van der Waals surface area (Å²) in [5.74, 6) is 0.813. The number of nitrogens with two attached hydrogens (primary N) is 1. The van der Waals surface area contributed by atoms with Crippen LogP contribution >= 0.6 is 0 Å². The van der Waals surface area contributed by atoms with Crippen LogP contribution in [0.15, 0.2) is 24.3 Å². The van der Waals surface area contributed by atoms with Crippen LogP contribution in [-0.4, -0.2) is 19.6 Å². The molecule has 3 N–H and O–H groups in total. The minimum atomic E-state index is -0.0394. The first-order valence-corrected chi connectivity index (χ1v) is 5.30. The Labute approximate surface area is 95.8 Å². The number of hydrogen-bond donors (Lipinski definition) is 2. The molecular weight excluding hydrogens is 204 g/mol. The van der Waals surface area contributed by atoms with Crippen LogP contribution < -0.4 is 15.8 Å². The first-order chi connectivity index (χ1) is 7.67. The van der Waals surface area contributed by atoms with Gasteiger partial charge < -0.3 is 15.8 Å². The molecule has 0 aliphatic rings. The van der Waals surface area contributed by atoms with Gasteiger partial charge >= 0.3 is 0 Å². The number of methoxy groups -OCH3 is 1. The van der Waals surface area contributed by atoms with Gasteiger partial charge in [0.25, 0.3) is 0 Å². The van der Waals surface area contributed by atoms with Crippen molar-refractivity contribution in [2.75, 3.05) is 19.0 Å². The highest BCUT2D eigenvalue weighted by Gasteiger charge is 2.09. The van der Waals surface area contributed by atoms with E-state index in [9.17, 15) is 4.79 Å². The van der Waals surface area contributed by atoms with Gasteiger partial charge in [0.1, 0.15) is 5.75 Å². The fraction of sp³-hybridized carbons (Fsp3) is 0.417. The number of anilines is 1. The zero-order valence-corrected chi connectivity index (χ0v) is 9.69. The highest BCUT2D eigenvalue weighted by molar-refractivity contribution is 5.92. The maximum absolute atomic E-state index is 11.6. The van der Waals surface area contributed by atoms with Gasteiger partial charge in [0.05, 0.1) is 12.8 Å². The monoisotopic (exact) mass is 222 g/mol.